The molecule has 0 radical (unpaired) electrons. The SMILES string of the molecule is Cc1coc(CN(CC(=O)O)Cc2ccc(F)cc2)c1. The van der Waals surface area contributed by atoms with E-state index in [-0.39, 0.29) is 12.4 Å². The minimum Gasteiger partial charge on any atom is -0.480 e. The second-order valence-electron chi connectivity index (χ2n) is 4.76. The Kier molecular flexibility index (Phi) is 4.53. The van der Waals surface area contributed by atoms with Crippen LogP contribution in [-0.2, 0) is 17.9 Å². The van der Waals surface area contributed by atoms with Crippen molar-refractivity contribution in [3.05, 3.63) is 59.3 Å². The fourth-order valence-electron chi connectivity index (χ4n) is 2.00. The highest BCUT2D eigenvalue weighted by Gasteiger charge is 2.13. The van der Waals surface area contributed by atoms with Crippen LogP contribution in [-0.4, -0.2) is 22.5 Å². The van der Waals surface area contributed by atoms with E-state index in [1.165, 1.54) is 12.1 Å². The van der Waals surface area contributed by atoms with E-state index in [0.717, 1.165) is 11.1 Å². The molecule has 1 heterocycles. The van der Waals surface area contributed by atoms with Gasteiger partial charge in [-0.3, -0.25) is 9.69 Å². The van der Waals surface area contributed by atoms with Gasteiger partial charge < -0.3 is 9.52 Å². The second kappa shape index (κ2) is 6.34. The summed E-state index contributed by atoms with van der Waals surface area (Å²) in [5.41, 5.74) is 1.85. The Morgan fingerprint density at radius 2 is 2.00 bits per heavy atom. The monoisotopic (exact) mass is 277 g/mol. The molecular formula is C15H16FNO3. The predicted molar refractivity (Wildman–Crippen MR) is 71.6 cm³/mol. The van der Waals surface area contributed by atoms with Crippen LogP contribution < -0.4 is 0 Å². The molecule has 1 N–H and O–H groups in total. The van der Waals surface area contributed by atoms with Crippen LogP contribution in [0.5, 0.6) is 0 Å². The van der Waals surface area contributed by atoms with Crippen molar-refractivity contribution in [3.8, 4) is 0 Å². The molecule has 0 aliphatic heterocycles. The Hall–Kier alpha value is -2.14. The number of aliphatic carboxylic acids is 1. The van der Waals surface area contributed by atoms with E-state index in [1.807, 2.05) is 13.0 Å². The number of carboxylic acid groups (broad SMARTS) is 1. The maximum atomic E-state index is 12.9. The Labute approximate surface area is 116 Å². The molecule has 4 nitrogen and oxygen atoms in total. The number of halogens is 1. The summed E-state index contributed by atoms with van der Waals surface area (Å²) in [5.74, 6) is -0.499. The first kappa shape index (κ1) is 14.3. The van der Waals surface area contributed by atoms with Crippen LogP contribution in [0.25, 0.3) is 0 Å². The number of aryl methyl sites for hydroxylation is 1. The number of carboxylic acids is 1. The van der Waals surface area contributed by atoms with Gasteiger partial charge >= 0.3 is 5.97 Å². The molecular weight excluding hydrogens is 261 g/mol. The van der Waals surface area contributed by atoms with Crippen LogP contribution in [0.1, 0.15) is 16.9 Å². The molecule has 0 atom stereocenters. The van der Waals surface area contributed by atoms with Crippen LogP contribution in [0.2, 0.25) is 0 Å². The highest BCUT2D eigenvalue weighted by Crippen LogP contribution is 2.13. The van der Waals surface area contributed by atoms with Gasteiger partial charge in [-0.1, -0.05) is 12.1 Å². The first-order chi connectivity index (χ1) is 9.52. The third kappa shape index (κ3) is 4.20. The largest absolute Gasteiger partial charge is 0.480 e. The smallest absolute Gasteiger partial charge is 0.317 e. The number of hydrogen-bond acceptors (Lipinski definition) is 3. The van der Waals surface area contributed by atoms with E-state index in [4.69, 9.17) is 9.52 Å². The van der Waals surface area contributed by atoms with Crippen LogP contribution in [0.3, 0.4) is 0 Å². The van der Waals surface area contributed by atoms with Gasteiger partial charge in [0.05, 0.1) is 19.4 Å². The standard InChI is InChI=1S/C15H16FNO3/c1-11-6-14(20-10-11)8-17(9-15(18)19)7-12-2-4-13(16)5-3-12/h2-6,10H,7-9H2,1H3,(H,18,19). The van der Waals surface area contributed by atoms with Crippen molar-refractivity contribution in [1.82, 2.24) is 4.90 Å². The van der Waals surface area contributed by atoms with Crippen LogP contribution in [0.15, 0.2) is 41.0 Å². The van der Waals surface area contributed by atoms with Gasteiger partial charge in [0.25, 0.3) is 0 Å². The normalized spacial score (nSPS) is 10.9. The lowest BCUT2D eigenvalue weighted by Gasteiger charge is -2.19. The summed E-state index contributed by atoms with van der Waals surface area (Å²) < 4.78 is 18.2. The summed E-state index contributed by atoms with van der Waals surface area (Å²) in [5, 5.41) is 8.96. The molecule has 0 spiro atoms. The third-order valence-corrected chi connectivity index (χ3v) is 2.84. The van der Waals surface area contributed by atoms with Gasteiger partial charge in [-0.05, 0) is 36.2 Å². The van der Waals surface area contributed by atoms with Crippen molar-refractivity contribution in [2.75, 3.05) is 6.54 Å². The maximum Gasteiger partial charge on any atom is 0.317 e. The van der Waals surface area contributed by atoms with Gasteiger partial charge in [0.1, 0.15) is 11.6 Å². The second-order valence-corrected chi connectivity index (χ2v) is 4.76. The number of nitrogens with zero attached hydrogens (tertiary/aromatic N) is 1. The van der Waals surface area contributed by atoms with Crippen LogP contribution >= 0.6 is 0 Å². The number of carbonyl (C=O) groups is 1. The molecule has 1 aromatic carbocycles. The predicted octanol–water partition coefficient (Wildman–Crippen LogP) is 2.81. The number of furan rings is 1. The highest BCUT2D eigenvalue weighted by molar-refractivity contribution is 5.69. The minimum absolute atomic E-state index is 0.100. The molecule has 0 amide bonds. The molecule has 0 saturated carbocycles. The van der Waals surface area contributed by atoms with Crippen molar-refractivity contribution >= 4 is 5.97 Å². The van der Waals surface area contributed by atoms with Crippen molar-refractivity contribution in [2.24, 2.45) is 0 Å². The summed E-state index contributed by atoms with van der Waals surface area (Å²) in [6.07, 6.45) is 1.63. The van der Waals surface area contributed by atoms with E-state index in [2.05, 4.69) is 0 Å². The summed E-state index contributed by atoms with van der Waals surface area (Å²) >= 11 is 0. The number of hydrogen-bond donors (Lipinski definition) is 1. The molecule has 2 rings (SSSR count). The third-order valence-electron chi connectivity index (χ3n) is 2.84. The molecule has 0 fully saturated rings. The topological polar surface area (TPSA) is 53.7 Å². The lowest BCUT2D eigenvalue weighted by molar-refractivity contribution is -0.138. The fourth-order valence-corrected chi connectivity index (χ4v) is 2.00. The first-order valence-electron chi connectivity index (χ1n) is 6.25. The lowest BCUT2D eigenvalue weighted by atomic mass is 10.2. The van der Waals surface area contributed by atoms with E-state index in [0.29, 0.717) is 18.8 Å². The quantitative estimate of drug-likeness (QED) is 0.882. The average molecular weight is 277 g/mol. The van der Waals surface area contributed by atoms with Crippen LogP contribution in [0.4, 0.5) is 4.39 Å². The molecule has 1 aromatic heterocycles. The zero-order chi connectivity index (χ0) is 14.5. The Balaban J connectivity index is 2.06. The van der Waals surface area contributed by atoms with Crippen LogP contribution in [0, 0.1) is 12.7 Å². The van der Waals surface area contributed by atoms with Gasteiger partial charge in [0.15, 0.2) is 0 Å². The first-order valence-corrected chi connectivity index (χ1v) is 6.25. The Bertz CT molecular complexity index is 577. The summed E-state index contributed by atoms with van der Waals surface area (Å²) in [6.45, 7) is 2.63. The van der Waals surface area contributed by atoms with Crippen molar-refractivity contribution in [3.63, 3.8) is 0 Å². The van der Waals surface area contributed by atoms with E-state index >= 15 is 0 Å². The zero-order valence-electron chi connectivity index (χ0n) is 11.2. The molecule has 0 aliphatic carbocycles. The van der Waals surface area contributed by atoms with Gasteiger partial charge in [-0.2, -0.15) is 0 Å². The van der Waals surface area contributed by atoms with Gasteiger partial charge in [-0.15, -0.1) is 0 Å². The molecule has 0 saturated heterocycles. The van der Waals surface area contributed by atoms with Crippen molar-refractivity contribution in [1.29, 1.82) is 0 Å². The fraction of sp³-hybridized carbons (Fsp3) is 0.267. The molecule has 5 heteroatoms. The highest BCUT2D eigenvalue weighted by atomic mass is 19.1. The average Bonchev–Trinajstić information content (AvgIpc) is 2.77. The molecule has 0 aliphatic rings. The lowest BCUT2D eigenvalue weighted by Crippen LogP contribution is -2.28. The summed E-state index contributed by atoms with van der Waals surface area (Å²) in [7, 11) is 0. The minimum atomic E-state index is -0.907. The van der Waals surface area contributed by atoms with Crippen molar-refractivity contribution < 1.29 is 18.7 Å². The van der Waals surface area contributed by atoms with Crippen molar-refractivity contribution in [2.45, 2.75) is 20.0 Å². The Morgan fingerprint density at radius 1 is 1.30 bits per heavy atom. The maximum absolute atomic E-state index is 12.9. The summed E-state index contributed by atoms with van der Waals surface area (Å²) in [6, 6.07) is 7.91. The molecule has 0 unspecified atom stereocenters. The summed E-state index contributed by atoms with van der Waals surface area (Å²) in [4.78, 5) is 12.6. The van der Waals surface area contributed by atoms with E-state index in [1.54, 1.807) is 23.3 Å². The number of rotatable bonds is 6. The Morgan fingerprint density at radius 3 is 2.55 bits per heavy atom. The zero-order valence-corrected chi connectivity index (χ0v) is 11.2. The van der Waals surface area contributed by atoms with Gasteiger partial charge in [-0.25, -0.2) is 4.39 Å². The van der Waals surface area contributed by atoms with E-state index < -0.39 is 5.97 Å². The molecule has 0 bridgehead atoms. The molecule has 2 aromatic rings. The number of benzene rings is 1. The van der Waals surface area contributed by atoms with Gasteiger partial charge in [0.2, 0.25) is 0 Å². The molecule has 106 valence electrons. The van der Waals surface area contributed by atoms with E-state index in [9.17, 15) is 9.18 Å². The van der Waals surface area contributed by atoms with Gasteiger partial charge in [0, 0.05) is 6.54 Å². The molecule has 20 heavy (non-hydrogen) atoms.